The SMILES string of the molecule is O=C(NCc1ccc2c(c1)OCO2)c1nn(-c2ccc(Cl)cc2)c(=O)n(Cc2cccc(C(F)(F)F)c2)c1=O. The van der Waals surface area contributed by atoms with E-state index in [9.17, 15) is 27.6 Å². The number of nitrogens with one attached hydrogen (secondary N) is 1. The molecule has 0 aliphatic carbocycles. The first kappa shape index (κ1) is 26.0. The molecule has 5 rings (SSSR count). The van der Waals surface area contributed by atoms with Crippen molar-refractivity contribution in [3.05, 3.63) is 115 Å². The molecule has 39 heavy (non-hydrogen) atoms. The van der Waals surface area contributed by atoms with Crippen LogP contribution in [0.5, 0.6) is 11.5 Å². The minimum atomic E-state index is -4.62. The van der Waals surface area contributed by atoms with Crippen LogP contribution in [0.3, 0.4) is 0 Å². The number of carbonyl (C=O) groups excluding carboxylic acids is 1. The van der Waals surface area contributed by atoms with Gasteiger partial charge in [-0.3, -0.25) is 14.2 Å². The second kappa shape index (κ2) is 10.3. The Morgan fingerprint density at radius 2 is 1.72 bits per heavy atom. The average molecular weight is 559 g/mol. The van der Waals surface area contributed by atoms with Crippen molar-refractivity contribution in [2.24, 2.45) is 0 Å². The highest BCUT2D eigenvalue weighted by Gasteiger charge is 2.30. The fourth-order valence-corrected chi connectivity index (χ4v) is 4.02. The highest BCUT2D eigenvalue weighted by atomic mass is 35.5. The van der Waals surface area contributed by atoms with Gasteiger partial charge in [0.25, 0.3) is 11.5 Å². The number of aromatic nitrogens is 3. The predicted molar refractivity (Wildman–Crippen MR) is 133 cm³/mol. The molecule has 3 aromatic carbocycles. The molecule has 0 saturated carbocycles. The molecule has 2 heterocycles. The van der Waals surface area contributed by atoms with E-state index >= 15 is 0 Å². The molecular formula is C26H18ClF3N4O5. The van der Waals surface area contributed by atoms with Gasteiger partial charge in [0.05, 0.1) is 17.8 Å². The number of nitrogens with zero attached hydrogens (tertiary/aromatic N) is 3. The van der Waals surface area contributed by atoms with Gasteiger partial charge in [-0.2, -0.15) is 23.0 Å². The van der Waals surface area contributed by atoms with Crippen LogP contribution in [0.15, 0.2) is 76.3 Å². The Morgan fingerprint density at radius 3 is 2.46 bits per heavy atom. The van der Waals surface area contributed by atoms with Gasteiger partial charge in [-0.15, -0.1) is 0 Å². The lowest BCUT2D eigenvalue weighted by molar-refractivity contribution is -0.137. The van der Waals surface area contributed by atoms with Crippen molar-refractivity contribution in [1.82, 2.24) is 19.7 Å². The summed E-state index contributed by atoms with van der Waals surface area (Å²) in [6.07, 6.45) is -4.62. The van der Waals surface area contributed by atoms with E-state index in [1.54, 1.807) is 18.2 Å². The standard InChI is InChI=1S/C26H18ClF3N4O5/c27-18-5-7-19(8-6-18)34-25(37)33(13-16-2-1-3-17(10-16)26(28,29)30)24(36)22(32-34)23(35)31-12-15-4-9-20-21(11-15)39-14-38-20/h1-11H,12-14H2,(H,31,35). The number of rotatable bonds is 6. The van der Waals surface area contributed by atoms with E-state index in [0.717, 1.165) is 16.8 Å². The number of halogens is 4. The molecule has 9 nitrogen and oxygen atoms in total. The molecule has 0 unspecified atom stereocenters. The fraction of sp³-hybridized carbons (Fsp3) is 0.154. The van der Waals surface area contributed by atoms with Gasteiger partial charge < -0.3 is 14.8 Å². The first-order valence-corrected chi connectivity index (χ1v) is 11.8. The molecule has 0 saturated heterocycles. The van der Waals surface area contributed by atoms with Crippen LogP contribution in [0.1, 0.15) is 27.2 Å². The van der Waals surface area contributed by atoms with E-state index in [-0.39, 0.29) is 24.6 Å². The third-order valence-corrected chi connectivity index (χ3v) is 6.08. The molecular weight excluding hydrogens is 541 g/mol. The second-order valence-electron chi connectivity index (χ2n) is 8.48. The van der Waals surface area contributed by atoms with Crippen LogP contribution < -0.4 is 26.0 Å². The molecule has 4 aromatic rings. The van der Waals surface area contributed by atoms with Gasteiger partial charge in [-0.05, 0) is 59.7 Å². The van der Waals surface area contributed by atoms with E-state index in [0.29, 0.717) is 26.7 Å². The van der Waals surface area contributed by atoms with Crippen LogP contribution in [0.4, 0.5) is 13.2 Å². The van der Waals surface area contributed by atoms with Crippen molar-refractivity contribution in [3.63, 3.8) is 0 Å². The summed E-state index contributed by atoms with van der Waals surface area (Å²) in [6.45, 7) is -0.461. The Morgan fingerprint density at radius 1 is 0.974 bits per heavy atom. The zero-order valence-electron chi connectivity index (χ0n) is 19.9. The van der Waals surface area contributed by atoms with E-state index in [1.807, 2.05) is 0 Å². The summed E-state index contributed by atoms with van der Waals surface area (Å²) in [5, 5.41) is 6.94. The summed E-state index contributed by atoms with van der Waals surface area (Å²) in [7, 11) is 0. The largest absolute Gasteiger partial charge is 0.454 e. The normalized spacial score (nSPS) is 12.4. The Bertz CT molecular complexity index is 1680. The maximum Gasteiger partial charge on any atom is 0.416 e. The van der Waals surface area contributed by atoms with Crippen LogP contribution in [0.2, 0.25) is 5.02 Å². The Labute approximate surface area is 223 Å². The van der Waals surface area contributed by atoms with Crippen molar-refractivity contribution in [3.8, 4) is 17.2 Å². The van der Waals surface area contributed by atoms with Crippen LogP contribution in [0, 0.1) is 0 Å². The minimum absolute atomic E-state index is 0.00963. The third-order valence-electron chi connectivity index (χ3n) is 5.83. The minimum Gasteiger partial charge on any atom is -0.454 e. The summed E-state index contributed by atoms with van der Waals surface area (Å²) in [5.74, 6) is 0.164. The van der Waals surface area contributed by atoms with Crippen molar-refractivity contribution < 1.29 is 27.4 Å². The number of carbonyl (C=O) groups is 1. The van der Waals surface area contributed by atoms with Gasteiger partial charge >= 0.3 is 11.9 Å². The lowest BCUT2D eigenvalue weighted by atomic mass is 10.1. The number of fused-ring (bicyclic) bond motifs is 1. The van der Waals surface area contributed by atoms with Crippen LogP contribution >= 0.6 is 11.6 Å². The molecule has 0 bridgehead atoms. The highest BCUT2D eigenvalue weighted by Crippen LogP contribution is 2.32. The first-order valence-electron chi connectivity index (χ1n) is 11.4. The highest BCUT2D eigenvalue weighted by molar-refractivity contribution is 6.30. The van der Waals surface area contributed by atoms with Crippen LogP contribution in [-0.4, -0.2) is 27.0 Å². The number of amides is 1. The van der Waals surface area contributed by atoms with E-state index < -0.39 is 41.1 Å². The average Bonchev–Trinajstić information content (AvgIpc) is 3.38. The maximum atomic E-state index is 13.3. The lowest BCUT2D eigenvalue weighted by Crippen LogP contribution is -2.46. The first-order chi connectivity index (χ1) is 18.6. The van der Waals surface area contributed by atoms with E-state index in [4.69, 9.17) is 21.1 Å². The quantitative estimate of drug-likeness (QED) is 0.386. The van der Waals surface area contributed by atoms with Gasteiger partial charge in [0.2, 0.25) is 12.5 Å². The summed E-state index contributed by atoms with van der Waals surface area (Å²) in [6, 6.07) is 15.1. The molecule has 0 atom stereocenters. The van der Waals surface area contributed by atoms with E-state index in [2.05, 4.69) is 10.4 Å². The van der Waals surface area contributed by atoms with Crippen molar-refractivity contribution in [1.29, 1.82) is 0 Å². The zero-order valence-corrected chi connectivity index (χ0v) is 20.6. The third kappa shape index (κ3) is 5.50. The maximum absolute atomic E-state index is 13.3. The molecule has 13 heteroatoms. The molecule has 200 valence electrons. The summed E-state index contributed by atoms with van der Waals surface area (Å²) < 4.78 is 51.7. The summed E-state index contributed by atoms with van der Waals surface area (Å²) in [5.41, 5.74) is -2.73. The monoisotopic (exact) mass is 558 g/mol. The fourth-order valence-electron chi connectivity index (χ4n) is 3.89. The number of hydrogen-bond acceptors (Lipinski definition) is 6. The number of benzene rings is 3. The number of hydrogen-bond donors (Lipinski definition) is 1. The van der Waals surface area contributed by atoms with Crippen molar-refractivity contribution >= 4 is 17.5 Å². The lowest BCUT2D eigenvalue weighted by Gasteiger charge is -2.13. The predicted octanol–water partition coefficient (Wildman–Crippen LogP) is 3.77. The topological polar surface area (TPSA) is 104 Å². The van der Waals surface area contributed by atoms with Gasteiger partial charge in [0.15, 0.2) is 11.5 Å². The Hall–Kier alpha value is -4.58. The zero-order chi connectivity index (χ0) is 27.7. The molecule has 1 aliphatic heterocycles. The molecule has 1 aliphatic rings. The Kier molecular flexibility index (Phi) is 6.87. The molecule has 0 radical (unpaired) electrons. The van der Waals surface area contributed by atoms with Gasteiger partial charge in [0.1, 0.15) is 0 Å². The second-order valence-corrected chi connectivity index (χ2v) is 8.92. The molecule has 0 spiro atoms. The van der Waals surface area contributed by atoms with Crippen LogP contribution in [-0.2, 0) is 19.3 Å². The van der Waals surface area contributed by atoms with Crippen molar-refractivity contribution in [2.75, 3.05) is 6.79 Å². The van der Waals surface area contributed by atoms with Gasteiger partial charge in [-0.25, -0.2) is 4.79 Å². The van der Waals surface area contributed by atoms with Crippen molar-refractivity contribution in [2.45, 2.75) is 19.3 Å². The van der Waals surface area contributed by atoms with Gasteiger partial charge in [0, 0.05) is 11.6 Å². The summed E-state index contributed by atoms with van der Waals surface area (Å²) >= 11 is 5.94. The number of alkyl halides is 3. The van der Waals surface area contributed by atoms with E-state index in [1.165, 1.54) is 36.4 Å². The Balaban J connectivity index is 1.52. The molecule has 1 N–H and O–H groups in total. The van der Waals surface area contributed by atoms with Gasteiger partial charge in [-0.1, -0.05) is 29.8 Å². The summed E-state index contributed by atoms with van der Waals surface area (Å²) in [4.78, 5) is 39.6. The molecule has 1 aromatic heterocycles. The van der Waals surface area contributed by atoms with Crippen LogP contribution in [0.25, 0.3) is 5.69 Å². The molecule has 1 amide bonds. The number of ether oxygens (including phenoxy) is 2. The smallest absolute Gasteiger partial charge is 0.416 e. The molecule has 0 fully saturated rings.